The Bertz CT molecular complexity index is 711. The van der Waals surface area contributed by atoms with Crippen molar-refractivity contribution in [3.63, 3.8) is 0 Å². The quantitative estimate of drug-likeness (QED) is 0.461. The highest BCUT2D eigenvalue weighted by Gasteiger charge is 2.20. The number of ether oxygens (including phenoxy) is 1. The summed E-state index contributed by atoms with van der Waals surface area (Å²) in [5.74, 6) is 2.66. The van der Waals surface area contributed by atoms with Crippen molar-refractivity contribution in [3.05, 3.63) is 48.4 Å². The minimum Gasteiger partial charge on any atom is -0.490 e. The van der Waals surface area contributed by atoms with Crippen LogP contribution in [0.1, 0.15) is 18.4 Å². The molecule has 2 aromatic rings. The molecule has 27 heavy (non-hydrogen) atoms. The van der Waals surface area contributed by atoms with Gasteiger partial charge in [-0.05, 0) is 43.5 Å². The first kappa shape index (κ1) is 18.9. The smallest absolute Gasteiger partial charge is 0.191 e. The highest BCUT2D eigenvalue weighted by atomic mass is 16.5. The van der Waals surface area contributed by atoms with E-state index in [9.17, 15) is 0 Å². The Hall–Kier alpha value is -2.83. The first-order valence-corrected chi connectivity index (χ1v) is 9.42. The first-order valence-electron chi connectivity index (χ1n) is 9.42. The fourth-order valence-corrected chi connectivity index (χ4v) is 3.06. The van der Waals surface area contributed by atoms with Crippen molar-refractivity contribution in [1.82, 2.24) is 20.6 Å². The predicted octanol–water partition coefficient (Wildman–Crippen LogP) is 2.00. The van der Waals surface area contributed by atoms with Crippen LogP contribution in [-0.4, -0.2) is 55.3 Å². The molecule has 1 saturated heterocycles. The van der Waals surface area contributed by atoms with Gasteiger partial charge >= 0.3 is 0 Å². The highest BCUT2D eigenvalue weighted by molar-refractivity contribution is 5.80. The summed E-state index contributed by atoms with van der Waals surface area (Å²) in [6.45, 7) is 5.29. The Labute approximate surface area is 160 Å². The Morgan fingerprint density at radius 2 is 2.11 bits per heavy atom. The molecule has 2 aromatic heterocycles. The topological polar surface area (TPSA) is 74.7 Å². The van der Waals surface area contributed by atoms with Crippen LogP contribution >= 0.6 is 0 Å². The molecule has 7 heteroatoms. The molecule has 0 aliphatic carbocycles. The second kappa shape index (κ2) is 9.75. The number of aliphatic imine (C=N–C) groups is 1. The minimum absolute atomic E-state index is 0.414. The van der Waals surface area contributed by atoms with Crippen LogP contribution in [0.5, 0.6) is 5.75 Å². The molecular weight excluding hydrogens is 340 g/mol. The Kier molecular flexibility index (Phi) is 6.84. The normalized spacial score (nSPS) is 15.5. The lowest BCUT2D eigenvalue weighted by Gasteiger charge is -2.33. The van der Waals surface area contributed by atoms with Crippen molar-refractivity contribution >= 4 is 11.8 Å². The Morgan fingerprint density at radius 3 is 2.78 bits per heavy atom. The third-order valence-electron chi connectivity index (χ3n) is 4.58. The van der Waals surface area contributed by atoms with Crippen LogP contribution in [0.15, 0.2) is 47.8 Å². The number of anilines is 1. The van der Waals surface area contributed by atoms with Crippen molar-refractivity contribution in [1.29, 1.82) is 0 Å². The summed E-state index contributed by atoms with van der Waals surface area (Å²) >= 11 is 0. The average Bonchev–Trinajstić information content (AvgIpc) is 2.72. The third-order valence-corrected chi connectivity index (χ3v) is 4.58. The van der Waals surface area contributed by atoms with Gasteiger partial charge in [-0.2, -0.15) is 0 Å². The maximum absolute atomic E-state index is 5.64. The fourth-order valence-electron chi connectivity index (χ4n) is 3.06. The molecule has 0 amide bonds. The van der Waals surface area contributed by atoms with Gasteiger partial charge in [-0.15, -0.1) is 0 Å². The van der Waals surface area contributed by atoms with Crippen molar-refractivity contribution in [2.45, 2.75) is 25.8 Å². The number of aryl methyl sites for hydroxylation is 1. The average molecular weight is 368 g/mol. The van der Waals surface area contributed by atoms with E-state index in [-0.39, 0.29) is 0 Å². The predicted molar refractivity (Wildman–Crippen MR) is 108 cm³/mol. The monoisotopic (exact) mass is 368 g/mol. The summed E-state index contributed by atoms with van der Waals surface area (Å²) in [4.78, 5) is 15.2. The zero-order valence-corrected chi connectivity index (χ0v) is 16.1. The van der Waals surface area contributed by atoms with Gasteiger partial charge in [-0.25, -0.2) is 4.98 Å². The van der Waals surface area contributed by atoms with Crippen molar-refractivity contribution in [3.8, 4) is 5.75 Å². The van der Waals surface area contributed by atoms with Crippen molar-refractivity contribution in [2.24, 2.45) is 4.99 Å². The van der Waals surface area contributed by atoms with E-state index >= 15 is 0 Å². The van der Waals surface area contributed by atoms with Gasteiger partial charge in [0.15, 0.2) is 5.96 Å². The van der Waals surface area contributed by atoms with Crippen LogP contribution < -0.4 is 20.3 Å². The molecular formula is C20H28N6O. The molecule has 0 radical (unpaired) electrons. The van der Waals surface area contributed by atoms with E-state index in [2.05, 4.69) is 49.6 Å². The Balaban J connectivity index is 1.37. The van der Waals surface area contributed by atoms with E-state index in [1.54, 1.807) is 19.4 Å². The molecule has 0 atom stereocenters. The summed E-state index contributed by atoms with van der Waals surface area (Å²) in [6.07, 6.45) is 7.49. The summed E-state index contributed by atoms with van der Waals surface area (Å²) in [5.41, 5.74) is 1.19. The van der Waals surface area contributed by atoms with E-state index in [0.717, 1.165) is 43.5 Å². The number of piperidine rings is 1. The number of hydrogen-bond donors (Lipinski definition) is 2. The van der Waals surface area contributed by atoms with Gasteiger partial charge in [-0.3, -0.25) is 9.98 Å². The molecule has 0 unspecified atom stereocenters. The molecule has 1 aliphatic rings. The molecule has 0 aromatic carbocycles. The molecule has 0 saturated carbocycles. The summed E-state index contributed by atoms with van der Waals surface area (Å²) in [6, 6.07) is 8.40. The van der Waals surface area contributed by atoms with E-state index in [4.69, 9.17) is 4.74 Å². The van der Waals surface area contributed by atoms with Crippen LogP contribution in [0.3, 0.4) is 0 Å². The maximum Gasteiger partial charge on any atom is 0.191 e. The van der Waals surface area contributed by atoms with Gasteiger partial charge in [0.2, 0.25) is 0 Å². The van der Waals surface area contributed by atoms with E-state index < -0.39 is 0 Å². The highest BCUT2D eigenvalue weighted by Crippen LogP contribution is 2.18. The minimum atomic E-state index is 0.414. The lowest BCUT2D eigenvalue weighted by molar-refractivity contribution is 0.320. The van der Waals surface area contributed by atoms with Crippen molar-refractivity contribution in [2.75, 3.05) is 38.2 Å². The molecule has 0 bridgehead atoms. The van der Waals surface area contributed by atoms with Crippen LogP contribution in [-0.2, 0) is 0 Å². The zero-order valence-electron chi connectivity index (χ0n) is 16.1. The van der Waals surface area contributed by atoms with Gasteiger partial charge in [-0.1, -0.05) is 6.07 Å². The molecule has 2 N–H and O–H groups in total. The zero-order chi connectivity index (χ0) is 18.9. The molecule has 7 nitrogen and oxygen atoms in total. The number of pyridine rings is 2. The van der Waals surface area contributed by atoms with E-state index in [1.165, 1.54) is 5.56 Å². The van der Waals surface area contributed by atoms with E-state index in [0.29, 0.717) is 19.2 Å². The fraction of sp³-hybridized carbons (Fsp3) is 0.450. The van der Waals surface area contributed by atoms with Gasteiger partial charge in [0, 0.05) is 38.6 Å². The van der Waals surface area contributed by atoms with Gasteiger partial charge in [0.05, 0.1) is 12.7 Å². The molecule has 1 fully saturated rings. The van der Waals surface area contributed by atoms with Gasteiger partial charge in [0.1, 0.15) is 18.2 Å². The number of nitrogens with zero attached hydrogens (tertiary/aromatic N) is 4. The maximum atomic E-state index is 5.64. The summed E-state index contributed by atoms with van der Waals surface area (Å²) < 4.78 is 5.64. The van der Waals surface area contributed by atoms with Crippen LogP contribution in [0.2, 0.25) is 0 Å². The van der Waals surface area contributed by atoms with Crippen molar-refractivity contribution < 1.29 is 4.74 Å². The molecule has 3 rings (SSSR count). The molecule has 0 spiro atoms. The lowest BCUT2D eigenvalue weighted by Crippen LogP contribution is -2.49. The largest absolute Gasteiger partial charge is 0.490 e. The lowest BCUT2D eigenvalue weighted by atomic mass is 10.1. The number of hydrogen-bond acceptors (Lipinski definition) is 5. The number of guanidine groups is 1. The second-order valence-electron chi connectivity index (χ2n) is 6.64. The SMILES string of the molecule is CN=C(NCCOc1cccnc1)NC1CCN(c2ccc(C)cn2)CC1. The standard InChI is InChI=1S/C20H28N6O/c1-16-5-6-19(24-14-16)26-11-7-17(8-12-26)25-20(21-2)23-10-13-27-18-4-3-9-22-15-18/h3-6,9,14-15,17H,7-8,10-13H2,1-2H3,(H2,21,23,25). The molecule has 1 aliphatic heterocycles. The number of rotatable bonds is 6. The molecule has 3 heterocycles. The number of nitrogens with one attached hydrogen (secondary N) is 2. The van der Waals surface area contributed by atoms with Gasteiger partial charge in [0.25, 0.3) is 0 Å². The van der Waals surface area contributed by atoms with E-state index in [1.807, 2.05) is 18.3 Å². The number of aromatic nitrogens is 2. The van der Waals surface area contributed by atoms with Crippen LogP contribution in [0.4, 0.5) is 5.82 Å². The summed E-state index contributed by atoms with van der Waals surface area (Å²) in [7, 11) is 1.79. The molecule has 144 valence electrons. The van der Waals surface area contributed by atoms with Gasteiger partial charge < -0.3 is 20.3 Å². The third kappa shape index (κ3) is 5.84. The Morgan fingerprint density at radius 1 is 1.26 bits per heavy atom. The summed E-state index contributed by atoms with van der Waals surface area (Å²) in [5, 5.41) is 6.81. The second-order valence-corrected chi connectivity index (χ2v) is 6.64. The van der Waals surface area contributed by atoms with Crippen LogP contribution in [0, 0.1) is 6.92 Å². The first-order chi connectivity index (χ1) is 13.2. The van der Waals surface area contributed by atoms with Crippen LogP contribution in [0.25, 0.3) is 0 Å².